The van der Waals surface area contributed by atoms with Crippen LogP contribution in [-0.4, -0.2) is 38.5 Å². The molecule has 0 saturated carbocycles. The predicted molar refractivity (Wildman–Crippen MR) is 76.7 cm³/mol. The average molecular weight is 256 g/mol. The number of nitrogens with one attached hydrogen (secondary N) is 3. The van der Waals surface area contributed by atoms with Crippen LogP contribution in [0.25, 0.3) is 0 Å². The molecular weight excluding hydrogens is 228 g/mol. The second kappa shape index (κ2) is 7.95. The molecule has 0 heterocycles. The minimum atomic E-state index is -0.491. The van der Waals surface area contributed by atoms with Gasteiger partial charge in [0.2, 0.25) is 5.91 Å². The Bertz CT molecular complexity index is 285. The molecule has 5 nitrogen and oxygen atoms in total. The van der Waals surface area contributed by atoms with Gasteiger partial charge in [-0.05, 0) is 26.7 Å². The number of hydrogen-bond donors (Lipinski definition) is 3. The van der Waals surface area contributed by atoms with Gasteiger partial charge in [0.15, 0.2) is 5.96 Å². The lowest BCUT2D eigenvalue weighted by Gasteiger charge is -2.21. The first-order chi connectivity index (χ1) is 8.33. The second-order valence-corrected chi connectivity index (χ2v) is 5.43. The van der Waals surface area contributed by atoms with Gasteiger partial charge in [-0.25, -0.2) is 0 Å². The van der Waals surface area contributed by atoms with Crippen LogP contribution in [0.4, 0.5) is 0 Å². The Hall–Kier alpha value is -1.26. The van der Waals surface area contributed by atoms with E-state index >= 15 is 0 Å². The van der Waals surface area contributed by atoms with Crippen molar-refractivity contribution in [3.05, 3.63) is 0 Å². The van der Waals surface area contributed by atoms with Gasteiger partial charge in [0.1, 0.15) is 0 Å². The Balaban J connectivity index is 4.51. The van der Waals surface area contributed by atoms with Gasteiger partial charge in [0, 0.05) is 20.1 Å². The van der Waals surface area contributed by atoms with Crippen molar-refractivity contribution in [1.29, 1.82) is 0 Å². The zero-order chi connectivity index (χ0) is 14.2. The number of carbonyl (C=O) groups excluding carboxylic acids is 1. The number of rotatable bonds is 6. The van der Waals surface area contributed by atoms with Crippen LogP contribution in [-0.2, 0) is 4.79 Å². The summed E-state index contributed by atoms with van der Waals surface area (Å²) in [6.07, 6.45) is 0. The highest BCUT2D eigenvalue weighted by atomic mass is 16.2. The third kappa shape index (κ3) is 6.47. The van der Waals surface area contributed by atoms with Gasteiger partial charge in [-0.3, -0.25) is 9.79 Å². The highest BCUT2D eigenvalue weighted by molar-refractivity contribution is 5.83. The fourth-order valence-corrected chi connectivity index (χ4v) is 1.33. The van der Waals surface area contributed by atoms with E-state index in [1.54, 1.807) is 7.05 Å². The molecule has 106 valence electrons. The summed E-state index contributed by atoms with van der Waals surface area (Å²) in [7, 11) is 1.65. The summed E-state index contributed by atoms with van der Waals surface area (Å²) in [6.45, 7) is 12.2. The molecule has 3 N–H and O–H groups in total. The molecule has 0 unspecified atom stereocenters. The van der Waals surface area contributed by atoms with Crippen molar-refractivity contribution in [2.75, 3.05) is 26.7 Å². The van der Waals surface area contributed by atoms with Gasteiger partial charge in [0.25, 0.3) is 0 Å². The lowest BCUT2D eigenvalue weighted by molar-refractivity contribution is -0.128. The molecule has 18 heavy (non-hydrogen) atoms. The summed E-state index contributed by atoms with van der Waals surface area (Å²) in [5.41, 5.74) is -0.491. The van der Waals surface area contributed by atoms with Crippen LogP contribution in [0.1, 0.15) is 34.6 Å². The van der Waals surface area contributed by atoms with Crippen LogP contribution in [0.3, 0.4) is 0 Å². The van der Waals surface area contributed by atoms with Gasteiger partial charge in [-0.15, -0.1) is 0 Å². The Labute approximate surface area is 111 Å². The molecule has 0 atom stereocenters. The minimum absolute atomic E-state index is 0.00552. The molecule has 0 aromatic heterocycles. The lowest BCUT2D eigenvalue weighted by Crippen LogP contribution is -2.41. The van der Waals surface area contributed by atoms with E-state index < -0.39 is 5.41 Å². The summed E-state index contributed by atoms with van der Waals surface area (Å²) >= 11 is 0. The molecule has 0 spiro atoms. The van der Waals surface area contributed by atoms with Crippen LogP contribution in [0.15, 0.2) is 4.99 Å². The molecule has 0 aromatic rings. The fourth-order valence-electron chi connectivity index (χ4n) is 1.33. The first-order valence-electron chi connectivity index (χ1n) is 6.57. The minimum Gasteiger partial charge on any atom is -0.359 e. The maximum Gasteiger partial charge on any atom is 0.227 e. The standard InChI is InChI=1S/C13H28N4O/c1-7-15-12(16-8-10(2)3)17-9-13(4,5)11(18)14-6/h10H,7-9H2,1-6H3,(H,14,18)(H2,15,16,17). The average Bonchev–Trinajstić information content (AvgIpc) is 2.31. The maximum absolute atomic E-state index is 11.6. The Morgan fingerprint density at radius 3 is 2.33 bits per heavy atom. The molecule has 0 rings (SSSR count). The maximum atomic E-state index is 11.6. The van der Waals surface area contributed by atoms with Gasteiger partial charge in [0.05, 0.1) is 12.0 Å². The molecule has 0 aromatic carbocycles. The van der Waals surface area contributed by atoms with E-state index in [9.17, 15) is 4.79 Å². The molecule has 0 aliphatic rings. The van der Waals surface area contributed by atoms with E-state index in [0.29, 0.717) is 12.5 Å². The highest BCUT2D eigenvalue weighted by Gasteiger charge is 2.26. The SMILES string of the molecule is CCNC(=NCC(C)(C)C(=O)NC)NCC(C)C. The molecular formula is C13H28N4O. The van der Waals surface area contributed by atoms with Crippen molar-refractivity contribution in [1.82, 2.24) is 16.0 Å². The number of amides is 1. The zero-order valence-corrected chi connectivity index (χ0v) is 12.6. The second-order valence-electron chi connectivity index (χ2n) is 5.43. The Morgan fingerprint density at radius 2 is 1.89 bits per heavy atom. The fraction of sp³-hybridized carbons (Fsp3) is 0.846. The number of carbonyl (C=O) groups is 1. The van der Waals surface area contributed by atoms with Crippen molar-refractivity contribution < 1.29 is 4.79 Å². The molecule has 0 bridgehead atoms. The van der Waals surface area contributed by atoms with Crippen LogP contribution in [0.2, 0.25) is 0 Å². The first kappa shape index (κ1) is 16.7. The molecule has 0 aliphatic carbocycles. The summed E-state index contributed by atoms with van der Waals surface area (Å²) in [5, 5.41) is 9.09. The van der Waals surface area contributed by atoms with Crippen molar-refractivity contribution in [2.45, 2.75) is 34.6 Å². The van der Waals surface area contributed by atoms with E-state index in [1.807, 2.05) is 20.8 Å². The number of hydrogen-bond acceptors (Lipinski definition) is 2. The molecule has 0 fully saturated rings. The Morgan fingerprint density at radius 1 is 1.28 bits per heavy atom. The van der Waals surface area contributed by atoms with Crippen LogP contribution in [0.5, 0.6) is 0 Å². The monoisotopic (exact) mass is 256 g/mol. The Kier molecular flexibility index (Phi) is 7.39. The van der Waals surface area contributed by atoms with E-state index in [-0.39, 0.29) is 5.91 Å². The predicted octanol–water partition coefficient (Wildman–Crippen LogP) is 0.970. The van der Waals surface area contributed by atoms with Crippen LogP contribution < -0.4 is 16.0 Å². The zero-order valence-electron chi connectivity index (χ0n) is 12.6. The summed E-state index contributed by atoms with van der Waals surface area (Å²) in [5.74, 6) is 1.33. The number of aliphatic imine (C=N–C) groups is 1. The van der Waals surface area contributed by atoms with Gasteiger partial charge in [-0.2, -0.15) is 0 Å². The quantitative estimate of drug-likeness (QED) is 0.490. The summed E-state index contributed by atoms with van der Waals surface area (Å²) in [6, 6.07) is 0. The largest absolute Gasteiger partial charge is 0.359 e. The molecule has 0 aliphatic heterocycles. The smallest absolute Gasteiger partial charge is 0.227 e. The summed E-state index contributed by atoms with van der Waals surface area (Å²) < 4.78 is 0. The van der Waals surface area contributed by atoms with Crippen molar-refractivity contribution >= 4 is 11.9 Å². The highest BCUT2D eigenvalue weighted by Crippen LogP contribution is 2.15. The van der Waals surface area contributed by atoms with Gasteiger partial charge >= 0.3 is 0 Å². The van der Waals surface area contributed by atoms with E-state index in [1.165, 1.54) is 0 Å². The van der Waals surface area contributed by atoms with E-state index in [0.717, 1.165) is 19.0 Å². The summed E-state index contributed by atoms with van der Waals surface area (Å²) in [4.78, 5) is 16.1. The normalized spacial score (nSPS) is 12.5. The van der Waals surface area contributed by atoms with Crippen molar-refractivity contribution in [2.24, 2.45) is 16.3 Å². The van der Waals surface area contributed by atoms with Crippen LogP contribution in [0, 0.1) is 11.3 Å². The molecule has 5 heteroatoms. The number of nitrogens with zero attached hydrogens (tertiary/aromatic N) is 1. The number of guanidine groups is 1. The van der Waals surface area contributed by atoms with E-state index in [2.05, 4.69) is 34.8 Å². The molecule has 0 saturated heterocycles. The van der Waals surface area contributed by atoms with Gasteiger partial charge < -0.3 is 16.0 Å². The molecule has 1 amide bonds. The van der Waals surface area contributed by atoms with Gasteiger partial charge in [-0.1, -0.05) is 13.8 Å². The lowest BCUT2D eigenvalue weighted by atomic mass is 9.93. The van der Waals surface area contributed by atoms with E-state index in [4.69, 9.17) is 0 Å². The molecule has 0 radical (unpaired) electrons. The van der Waals surface area contributed by atoms with Crippen molar-refractivity contribution in [3.8, 4) is 0 Å². The third-order valence-electron chi connectivity index (χ3n) is 2.50. The first-order valence-corrected chi connectivity index (χ1v) is 6.57. The van der Waals surface area contributed by atoms with Crippen molar-refractivity contribution in [3.63, 3.8) is 0 Å². The topological polar surface area (TPSA) is 65.5 Å². The third-order valence-corrected chi connectivity index (χ3v) is 2.50. The van der Waals surface area contributed by atoms with Crippen LogP contribution >= 0.6 is 0 Å².